The van der Waals surface area contributed by atoms with Gasteiger partial charge in [0.1, 0.15) is 5.69 Å². The van der Waals surface area contributed by atoms with Gasteiger partial charge < -0.3 is 9.30 Å². The summed E-state index contributed by atoms with van der Waals surface area (Å²) in [6.07, 6.45) is 3.54. The highest BCUT2D eigenvalue weighted by Crippen LogP contribution is 2.37. The average Bonchev–Trinajstić information content (AvgIpc) is 3.26. The second kappa shape index (κ2) is 9.08. The summed E-state index contributed by atoms with van der Waals surface area (Å²) in [4.78, 5) is 38.7. The average molecular weight is 489 g/mol. The third-order valence-electron chi connectivity index (χ3n) is 4.76. The van der Waals surface area contributed by atoms with Crippen molar-refractivity contribution in [1.82, 2.24) is 29.5 Å². The summed E-state index contributed by atoms with van der Waals surface area (Å²) in [6.45, 7) is 3.90. The van der Waals surface area contributed by atoms with Crippen molar-refractivity contribution in [1.29, 1.82) is 0 Å². The van der Waals surface area contributed by atoms with Crippen LogP contribution in [0.3, 0.4) is 0 Å². The third kappa shape index (κ3) is 4.76. The minimum atomic E-state index is -0.749. The third-order valence-corrected chi connectivity index (χ3v) is 5.32. The second-order valence-electron chi connectivity index (χ2n) is 7.46. The molecule has 3 heterocycles. The fourth-order valence-corrected chi connectivity index (χ4v) is 3.67. The molecule has 0 spiro atoms. The lowest BCUT2D eigenvalue weighted by Gasteiger charge is -2.13. The zero-order valence-electron chi connectivity index (χ0n) is 17.5. The molecule has 0 fully saturated rings. The number of hydrogen-bond donors (Lipinski definition) is 2. The molecule has 4 aromatic rings. The number of nitrogens with one attached hydrogen (secondary N) is 2. The smallest absolute Gasteiger partial charge is 0.349 e. The van der Waals surface area contributed by atoms with Crippen LogP contribution >= 0.6 is 23.2 Å². The Labute approximate surface area is 196 Å². The van der Waals surface area contributed by atoms with Gasteiger partial charge in [-0.15, -0.1) is 5.10 Å². The normalized spacial score (nSPS) is 11.2. The Morgan fingerprint density at radius 1 is 1.03 bits per heavy atom. The summed E-state index contributed by atoms with van der Waals surface area (Å²) >= 11 is 12.8. The van der Waals surface area contributed by atoms with Crippen molar-refractivity contribution in [2.24, 2.45) is 0 Å². The molecule has 0 radical (unpaired) electrons. The summed E-state index contributed by atoms with van der Waals surface area (Å²) < 4.78 is 8.44. The fraction of sp³-hybridized carbons (Fsp3) is 0.190. The molecule has 0 amide bonds. The molecule has 3 aromatic heterocycles. The summed E-state index contributed by atoms with van der Waals surface area (Å²) in [5.74, 6) is 0.135. The van der Waals surface area contributed by atoms with Gasteiger partial charge in [0, 0.05) is 24.0 Å². The predicted octanol–water partition coefficient (Wildman–Crippen LogP) is 3.08. The summed E-state index contributed by atoms with van der Waals surface area (Å²) in [6, 6.07) is 7.97. The van der Waals surface area contributed by atoms with Crippen molar-refractivity contribution in [2.45, 2.75) is 26.3 Å². The molecular formula is C21H18Cl2N6O4. The van der Waals surface area contributed by atoms with E-state index in [0.29, 0.717) is 5.56 Å². The summed E-state index contributed by atoms with van der Waals surface area (Å²) in [5.41, 5.74) is -0.818. The van der Waals surface area contributed by atoms with Crippen LogP contribution in [0.25, 0.3) is 5.69 Å². The molecule has 1 aromatic carbocycles. The maximum Gasteiger partial charge on any atom is 0.349 e. The number of H-pyrrole nitrogens is 2. The van der Waals surface area contributed by atoms with Crippen LogP contribution in [0.4, 0.5) is 0 Å². The van der Waals surface area contributed by atoms with Crippen molar-refractivity contribution in [3.05, 3.63) is 95.2 Å². The van der Waals surface area contributed by atoms with Gasteiger partial charge in [-0.3, -0.25) is 14.6 Å². The zero-order chi connectivity index (χ0) is 23.7. The second-order valence-corrected chi connectivity index (χ2v) is 8.27. The van der Waals surface area contributed by atoms with Crippen LogP contribution in [0.2, 0.25) is 10.0 Å². The van der Waals surface area contributed by atoms with Gasteiger partial charge in [0.2, 0.25) is 5.88 Å². The Morgan fingerprint density at radius 2 is 1.70 bits per heavy atom. The lowest BCUT2D eigenvalue weighted by Crippen LogP contribution is -2.34. The number of aromatic amines is 2. The zero-order valence-corrected chi connectivity index (χ0v) is 19.0. The molecule has 0 unspecified atom stereocenters. The number of ether oxygens (including phenoxy) is 1. The Morgan fingerprint density at radius 3 is 2.33 bits per heavy atom. The first-order valence-corrected chi connectivity index (χ1v) is 10.6. The molecule has 0 aliphatic carbocycles. The number of benzene rings is 1. The maximum atomic E-state index is 12.4. The van der Waals surface area contributed by atoms with E-state index in [1.165, 1.54) is 18.2 Å². The first-order valence-electron chi connectivity index (χ1n) is 9.83. The Kier molecular flexibility index (Phi) is 6.21. The van der Waals surface area contributed by atoms with Crippen LogP contribution in [0.5, 0.6) is 11.6 Å². The molecule has 2 N–H and O–H groups in total. The van der Waals surface area contributed by atoms with Gasteiger partial charge in [-0.05, 0) is 30.2 Å². The van der Waals surface area contributed by atoms with E-state index in [1.54, 1.807) is 17.0 Å². The van der Waals surface area contributed by atoms with Gasteiger partial charge in [0.05, 0.1) is 22.3 Å². The summed E-state index contributed by atoms with van der Waals surface area (Å²) in [5, 5.41) is 10.6. The minimum Gasteiger partial charge on any atom is -0.434 e. The number of hydrogen-bond acceptors (Lipinski definition) is 6. The predicted molar refractivity (Wildman–Crippen MR) is 123 cm³/mol. The van der Waals surface area contributed by atoms with Crippen LogP contribution in [0.1, 0.15) is 31.0 Å². The van der Waals surface area contributed by atoms with E-state index in [9.17, 15) is 14.4 Å². The highest BCUT2D eigenvalue weighted by Gasteiger charge is 2.17. The Hall–Kier alpha value is -3.63. The maximum absolute atomic E-state index is 12.4. The number of aromatic nitrogens is 6. The monoisotopic (exact) mass is 488 g/mol. The number of halogens is 2. The van der Waals surface area contributed by atoms with Crippen molar-refractivity contribution in [3.63, 3.8) is 0 Å². The van der Waals surface area contributed by atoms with Gasteiger partial charge >= 0.3 is 5.69 Å². The fourth-order valence-electron chi connectivity index (χ4n) is 3.11. The van der Waals surface area contributed by atoms with Crippen LogP contribution in [0, 0.1) is 0 Å². The van der Waals surface area contributed by atoms with Crippen molar-refractivity contribution in [2.75, 3.05) is 0 Å². The van der Waals surface area contributed by atoms with E-state index in [0.717, 1.165) is 4.68 Å². The van der Waals surface area contributed by atoms with E-state index >= 15 is 0 Å². The van der Waals surface area contributed by atoms with Gasteiger partial charge in [0.25, 0.3) is 11.1 Å². The van der Waals surface area contributed by atoms with Crippen molar-refractivity contribution < 1.29 is 4.74 Å². The van der Waals surface area contributed by atoms with Crippen LogP contribution in [0.15, 0.2) is 57.1 Å². The first kappa shape index (κ1) is 22.6. The summed E-state index contributed by atoms with van der Waals surface area (Å²) in [7, 11) is 0. The lowest BCUT2D eigenvalue weighted by atomic mass is 10.1. The molecule has 170 valence electrons. The van der Waals surface area contributed by atoms with Crippen molar-refractivity contribution >= 4 is 23.2 Å². The van der Waals surface area contributed by atoms with Crippen molar-refractivity contribution in [3.8, 4) is 17.3 Å². The molecular weight excluding hydrogens is 471 g/mol. The van der Waals surface area contributed by atoms with Gasteiger partial charge in [-0.25, -0.2) is 9.89 Å². The molecule has 0 aliphatic heterocycles. The molecule has 4 rings (SSSR count). The quantitative estimate of drug-likeness (QED) is 0.429. The first-order chi connectivity index (χ1) is 15.7. The molecule has 0 bridgehead atoms. The van der Waals surface area contributed by atoms with Crippen LogP contribution < -0.4 is 21.5 Å². The molecule has 0 saturated heterocycles. The molecule has 12 heteroatoms. The van der Waals surface area contributed by atoms with E-state index in [2.05, 4.69) is 20.3 Å². The van der Waals surface area contributed by atoms with E-state index in [4.69, 9.17) is 27.9 Å². The molecule has 33 heavy (non-hydrogen) atoms. The van der Waals surface area contributed by atoms with Gasteiger partial charge in [0.15, 0.2) is 5.75 Å². The number of rotatable bonds is 6. The highest BCUT2D eigenvalue weighted by molar-refractivity contribution is 6.37. The highest BCUT2D eigenvalue weighted by atomic mass is 35.5. The molecule has 0 saturated carbocycles. The minimum absolute atomic E-state index is 0.0497. The van der Waals surface area contributed by atoms with E-state index in [1.807, 2.05) is 26.0 Å². The Balaban J connectivity index is 1.71. The van der Waals surface area contributed by atoms with Gasteiger partial charge in [-0.1, -0.05) is 37.0 Å². The SMILES string of the molecule is CC(C)c1cc(Oc2c(Cl)cc(-n3nc(Cn4cccc4)c(=O)[nH]c3=O)cc2Cl)n[nH]c1=O. The largest absolute Gasteiger partial charge is 0.434 e. The number of nitrogens with zero attached hydrogens (tertiary/aromatic N) is 4. The molecule has 10 nitrogen and oxygen atoms in total. The molecule has 0 aliphatic rings. The van der Waals surface area contributed by atoms with E-state index < -0.39 is 11.2 Å². The van der Waals surface area contributed by atoms with Gasteiger partial charge in [-0.2, -0.15) is 9.78 Å². The van der Waals surface area contributed by atoms with Crippen LogP contribution in [-0.4, -0.2) is 29.5 Å². The standard InChI is InChI=1S/C21H18Cl2N6O4/c1-11(2)13-9-17(25-26-19(13)30)33-18-14(22)7-12(8-15(18)23)29-21(32)24-20(31)16(27-29)10-28-5-3-4-6-28/h3-9,11H,10H2,1-2H3,(H,26,30)(H,24,31,32). The lowest BCUT2D eigenvalue weighted by molar-refractivity contribution is 0.452. The van der Waals surface area contributed by atoms with Crippen LogP contribution in [-0.2, 0) is 6.54 Å². The Bertz CT molecular complexity index is 1460. The topological polar surface area (TPSA) is 128 Å². The molecule has 0 atom stereocenters. The van der Waals surface area contributed by atoms with E-state index in [-0.39, 0.29) is 51.1 Å².